The van der Waals surface area contributed by atoms with Gasteiger partial charge in [-0.15, -0.1) is 0 Å². The van der Waals surface area contributed by atoms with Gasteiger partial charge in [0.25, 0.3) is 5.91 Å². The molecule has 1 heterocycles. The summed E-state index contributed by atoms with van der Waals surface area (Å²) in [5.41, 5.74) is 0.785. The predicted octanol–water partition coefficient (Wildman–Crippen LogP) is 2.79. The Morgan fingerprint density at radius 3 is 2.42 bits per heavy atom. The molecular formula is C15H19NO3. The zero-order chi connectivity index (χ0) is 13.8. The number of carboxylic acids is 1. The Labute approximate surface area is 113 Å². The van der Waals surface area contributed by atoms with Crippen LogP contribution in [-0.4, -0.2) is 34.5 Å². The van der Waals surface area contributed by atoms with E-state index in [4.69, 9.17) is 5.11 Å². The van der Waals surface area contributed by atoms with Crippen LogP contribution in [0.25, 0.3) is 0 Å². The maximum atomic E-state index is 12.4. The van der Waals surface area contributed by atoms with Crippen molar-refractivity contribution in [1.29, 1.82) is 0 Å². The van der Waals surface area contributed by atoms with Gasteiger partial charge in [-0.1, -0.05) is 6.92 Å². The first-order valence-corrected chi connectivity index (χ1v) is 6.77. The van der Waals surface area contributed by atoms with Gasteiger partial charge in [0, 0.05) is 18.2 Å². The van der Waals surface area contributed by atoms with E-state index in [-0.39, 0.29) is 11.5 Å². The van der Waals surface area contributed by atoms with Crippen molar-refractivity contribution in [2.45, 2.75) is 38.6 Å². The molecule has 1 atom stereocenters. The molecule has 0 spiro atoms. The molecule has 0 radical (unpaired) electrons. The molecule has 1 aromatic rings. The van der Waals surface area contributed by atoms with Crippen molar-refractivity contribution in [3.63, 3.8) is 0 Å². The Kier molecular flexibility index (Phi) is 4.20. The van der Waals surface area contributed by atoms with Crippen LogP contribution in [0.3, 0.4) is 0 Å². The minimum Gasteiger partial charge on any atom is -0.478 e. The fourth-order valence-electron chi connectivity index (χ4n) is 2.61. The van der Waals surface area contributed by atoms with Crippen LogP contribution in [0.2, 0.25) is 0 Å². The van der Waals surface area contributed by atoms with Crippen molar-refractivity contribution in [3.05, 3.63) is 35.4 Å². The minimum atomic E-state index is -0.969. The molecule has 4 heteroatoms. The van der Waals surface area contributed by atoms with Gasteiger partial charge < -0.3 is 10.0 Å². The number of benzene rings is 1. The quantitative estimate of drug-likeness (QED) is 0.910. The average Bonchev–Trinajstić information content (AvgIpc) is 2.46. The first kappa shape index (κ1) is 13.6. The molecular weight excluding hydrogens is 242 g/mol. The number of hydrogen-bond donors (Lipinski definition) is 1. The number of amides is 1. The van der Waals surface area contributed by atoms with E-state index in [1.807, 2.05) is 4.90 Å². The Morgan fingerprint density at radius 1 is 1.21 bits per heavy atom. The number of nitrogens with zero attached hydrogens (tertiary/aromatic N) is 1. The third kappa shape index (κ3) is 2.95. The molecule has 0 bridgehead atoms. The second-order valence-electron chi connectivity index (χ2n) is 4.94. The molecule has 4 nitrogen and oxygen atoms in total. The van der Waals surface area contributed by atoms with Gasteiger partial charge >= 0.3 is 5.97 Å². The highest BCUT2D eigenvalue weighted by Gasteiger charge is 2.26. The van der Waals surface area contributed by atoms with Crippen LogP contribution >= 0.6 is 0 Å². The molecule has 1 aliphatic heterocycles. The van der Waals surface area contributed by atoms with Crippen molar-refractivity contribution in [1.82, 2.24) is 4.90 Å². The zero-order valence-corrected chi connectivity index (χ0v) is 11.1. The molecule has 1 N–H and O–H groups in total. The maximum Gasteiger partial charge on any atom is 0.335 e. The highest BCUT2D eigenvalue weighted by molar-refractivity contribution is 5.96. The Hall–Kier alpha value is -1.84. The molecule has 2 rings (SSSR count). The second kappa shape index (κ2) is 5.87. The summed E-state index contributed by atoms with van der Waals surface area (Å²) in [5.74, 6) is -0.952. The zero-order valence-electron chi connectivity index (χ0n) is 11.1. The Balaban J connectivity index is 2.16. The summed E-state index contributed by atoms with van der Waals surface area (Å²) in [4.78, 5) is 25.1. The first-order valence-electron chi connectivity index (χ1n) is 6.77. The van der Waals surface area contributed by atoms with Crippen LogP contribution < -0.4 is 0 Å². The summed E-state index contributed by atoms with van der Waals surface area (Å²) >= 11 is 0. The normalized spacial score (nSPS) is 19.2. The van der Waals surface area contributed by atoms with Gasteiger partial charge in [-0.05, 0) is 49.9 Å². The number of carboxylic acid groups (broad SMARTS) is 1. The van der Waals surface area contributed by atoms with Gasteiger partial charge in [-0.25, -0.2) is 4.79 Å². The molecule has 0 aromatic heterocycles. The van der Waals surface area contributed by atoms with Crippen LogP contribution in [0.1, 0.15) is 53.3 Å². The summed E-state index contributed by atoms with van der Waals surface area (Å²) in [6, 6.07) is 6.50. The largest absolute Gasteiger partial charge is 0.478 e. The van der Waals surface area contributed by atoms with E-state index in [1.54, 1.807) is 12.1 Å². The van der Waals surface area contributed by atoms with Crippen molar-refractivity contribution >= 4 is 11.9 Å². The molecule has 1 fully saturated rings. The summed E-state index contributed by atoms with van der Waals surface area (Å²) in [7, 11) is 0. The van der Waals surface area contributed by atoms with Gasteiger partial charge in [0.2, 0.25) is 0 Å². The van der Waals surface area contributed by atoms with Crippen LogP contribution in [-0.2, 0) is 0 Å². The average molecular weight is 261 g/mol. The topological polar surface area (TPSA) is 57.6 Å². The van der Waals surface area contributed by atoms with Crippen molar-refractivity contribution in [2.75, 3.05) is 6.54 Å². The molecule has 1 unspecified atom stereocenters. The number of piperidine rings is 1. The van der Waals surface area contributed by atoms with Gasteiger partial charge in [0.15, 0.2) is 0 Å². The molecule has 0 saturated carbocycles. The van der Waals surface area contributed by atoms with E-state index in [2.05, 4.69) is 6.92 Å². The molecule has 1 amide bonds. The summed E-state index contributed by atoms with van der Waals surface area (Å²) < 4.78 is 0. The van der Waals surface area contributed by atoms with Gasteiger partial charge in [-0.3, -0.25) is 4.79 Å². The van der Waals surface area contributed by atoms with Gasteiger partial charge in [0.05, 0.1) is 5.56 Å². The number of likely N-dealkylation sites (tertiary alicyclic amines) is 1. The van der Waals surface area contributed by atoms with Crippen molar-refractivity contribution in [2.24, 2.45) is 0 Å². The van der Waals surface area contributed by atoms with E-state index in [0.717, 1.165) is 25.8 Å². The van der Waals surface area contributed by atoms with Gasteiger partial charge in [0.1, 0.15) is 0 Å². The Bertz CT molecular complexity index is 467. The minimum absolute atomic E-state index is 0.0171. The fourth-order valence-corrected chi connectivity index (χ4v) is 2.61. The summed E-state index contributed by atoms with van der Waals surface area (Å²) in [6.07, 6.45) is 4.27. The maximum absolute atomic E-state index is 12.4. The van der Waals surface area contributed by atoms with Crippen LogP contribution in [0, 0.1) is 0 Å². The number of aromatic carboxylic acids is 1. The standard InChI is InChI=1S/C15H19NO3/c1-2-13-5-3-4-10-16(13)14(17)11-6-8-12(9-7-11)15(18)19/h6-9,13H,2-5,10H2,1H3,(H,18,19). The summed E-state index contributed by atoms with van der Waals surface area (Å²) in [6.45, 7) is 2.90. The van der Waals surface area contributed by atoms with E-state index in [0.29, 0.717) is 11.6 Å². The second-order valence-corrected chi connectivity index (χ2v) is 4.94. The lowest BCUT2D eigenvalue weighted by atomic mass is 9.98. The lowest BCUT2D eigenvalue weighted by Crippen LogP contribution is -2.43. The molecule has 19 heavy (non-hydrogen) atoms. The first-order chi connectivity index (χ1) is 9.13. The lowest BCUT2D eigenvalue weighted by Gasteiger charge is -2.35. The Morgan fingerprint density at radius 2 is 1.84 bits per heavy atom. The van der Waals surface area contributed by atoms with Crippen LogP contribution in [0.4, 0.5) is 0 Å². The third-order valence-corrected chi connectivity index (χ3v) is 3.74. The molecule has 102 valence electrons. The molecule has 1 aliphatic rings. The predicted molar refractivity (Wildman–Crippen MR) is 72.4 cm³/mol. The number of hydrogen-bond acceptors (Lipinski definition) is 2. The van der Waals surface area contributed by atoms with E-state index in [9.17, 15) is 9.59 Å². The number of carbonyl (C=O) groups is 2. The smallest absolute Gasteiger partial charge is 0.335 e. The van der Waals surface area contributed by atoms with Crippen molar-refractivity contribution < 1.29 is 14.7 Å². The highest BCUT2D eigenvalue weighted by atomic mass is 16.4. The van der Waals surface area contributed by atoms with Gasteiger partial charge in [-0.2, -0.15) is 0 Å². The number of rotatable bonds is 3. The monoisotopic (exact) mass is 261 g/mol. The van der Waals surface area contributed by atoms with Crippen molar-refractivity contribution in [3.8, 4) is 0 Å². The van der Waals surface area contributed by atoms with E-state index >= 15 is 0 Å². The molecule has 0 aliphatic carbocycles. The molecule has 1 aromatic carbocycles. The van der Waals surface area contributed by atoms with Crippen LogP contribution in [0.15, 0.2) is 24.3 Å². The highest BCUT2D eigenvalue weighted by Crippen LogP contribution is 2.21. The third-order valence-electron chi connectivity index (χ3n) is 3.74. The lowest BCUT2D eigenvalue weighted by molar-refractivity contribution is 0.0606. The van der Waals surface area contributed by atoms with Crippen LogP contribution in [0.5, 0.6) is 0 Å². The van der Waals surface area contributed by atoms with E-state index in [1.165, 1.54) is 18.6 Å². The SMILES string of the molecule is CCC1CCCCN1C(=O)c1ccc(C(=O)O)cc1. The fraction of sp³-hybridized carbons (Fsp3) is 0.467. The van der Waals surface area contributed by atoms with E-state index < -0.39 is 5.97 Å². The number of carbonyl (C=O) groups excluding carboxylic acids is 1. The molecule has 1 saturated heterocycles. The summed E-state index contributed by atoms with van der Waals surface area (Å²) in [5, 5.41) is 8.85.